The minimum Gasteiger partial charge on any atom is -0.355 e. The Morgan fingerprint density at radius 2 is 2.46 bits per heavy atom. The molecule has 1 aliphatic heterocycles. The van der Waals surface area contributed by atoms with Crippen LogP contribution in [-0.2, 0) is 0 Å². The van der Waals surface area contributed by atoms with Gasteiger partial charge in [-0.15, -0.1) is 0 Å². The van der Waals surface area contributed by atoms with Gasteiger partial charge in [0, 0.05) is 25.3 Å². The first-order chi connectivity index (χ1) is 6.36. The molecule has 4 heteroatoms. The number of aromatic nitrogens is 2. The van der Waals surface area contributed by atoms with Crippen LogP contribution in [0.3, 0.4) is 0 Å². The van der Waals surface area contributed by atoms with E-state index in [4.69, 9.17) is 5.73 Å². The molecule has 0 saturated carbocycles. The van der Waals surface area contributed by atoms with Crippen LogP contribution in [0.5, 0.6) is 0 Å². The standard InChI is InChI=1S/C9H14N4/c10-8-2-1-5-13(6-8)9-3-4-11-7-12-9/h3-4,7-8H,1-2,5-6,10H2/t8-/m0/s1. The van der Waals surface area contributed by atoms with Crippen LogP contribution in [0.1, 0.15) is 12.8 Å². The fourth-order valence-corrected chi connectivity index (χ4v) is 1.69. The summed E-state index contributed by atoms with van der Waals surface area (Å²) in [7, 11) is 0. The number of piperidine rings is 1. The van der Waals surface area contributed by atoms with Crippen LogP contribution >= 0.6 is 0 Å². The Morgan fingerprint density at radius 3 is 3.15 bits per heavy atom. The molecule has 1 fully saturated rings. The maximum Gasteiger partial charge on any atom is 0.131 e. The summed E-state index contributed by atoms with van der Waals surface area (Å²) in [4.78, 5) is 10.3. The largest absolute Gasteiger partial charge is 0.355 e. The summed E-state index contributed by atoms with van der Waals surface area (Å²) in [6, 6.07) is 2.22. The first-order valence-electron chi connectivity index (χ1n) is 4.63. The Bertz CT molecular complexity index is 262. The SMILES string of the molecule is N[C@H]1CCCN(c2ccncn2)C1. The van der Waals surface area contributed by atoms with Crippen LogP contribution in [0.25, 0.3) is 0 Å². The third kappa shape index (κ3) is 1.95. The molecule has 0 radical (unpaired) electrons. The molecule has 0 unspecified atom stereocenters. The molecule has 2 N–H and O–H groups in total. The van der Waals surface area contributed by atoms with Gasteiger partial charge in [0.05, 0.1) is 0 Å². The lowest BCUT2D eigenvalue weighted by Crippen LogP contribution is -2.43. The fraction of sp³-hybridized carbons (Fsp3) is 0.556. The van der Waals surface area contributed by atoms with E-state index in [-0.39, 0.29) is 0 Å². The van der Waals surface area contributed by atoms with Crippen molar-refractivity contribution in [3.8, 4) is 0 Å². The van der Waals surface area contributed by atoms with E-state index < -0.39 is 0 Å². The predicted molar refractivity (Wildman–Crippen MR) is 51.5 cm³/mol. The average molecular weight is 178 g/mol. The second-order valence-corrected chi connectivity index (χ2v) is 3.42. The minimum atomic E-state index is 0.295. The van der Waals surface area contributed by atoms with Gasteiger partial charge in [0.25, 0.3) is 0 Å². The molecular formula is C9H14N4. The second kappa shape index (κ2) is 3.70. The summed E-state index contributed by atoms with van der Waals surface area (Å²) in [5.41, 5.74) is 5.88. The van der Waals surface area contributed by atoms with Crippen molar-refractivity contribution in [3.05, 3.63) is 18.6 Å². The van der Waals surface area contributed by atoms with Gasteiger partial charge in [0.15, 0.2) is 0 Å². The molecule has 1 aromatic rings. The van der Waals surface area contributed by atoms with E-state index in [9.17, 15) is 0 Å². The van der Waals surface area contributed by atoms with Crippen LogP contribution in [-0.4, -0.2) is 29.1 Å². The highest BCUT2D eigenvalue weighted by atomic mass is 15.2. The molecule has 13 heavy (non-hydrogen) atoms. The van der Waals surface area contributed by atoms with E-state index in [1.165, 1.54) is 0 Å². The Labute approximate surface area is 77.8 Å². The highest BCUT2D eigenvalue weighted by Crippen LogP contribution is 2.15. The number of hydrogen-bond acceptors (Lipinski definition) is 4. The topological polar surface area (TPSA) is 55.0 Å². The average Bonchev–Trinajstić information content (AvgIpc) is 2.19. The van der Waals surface area contributed by atoms with Gasteiger partial charge in [-0.05, 0) is 18.9 Å². The summed E-state index contributed by atoms with van der Waals surface area (Å²) >= 11 is 0. The van der Waals surface area contributed by atoms with E-state index >= 15 is 0 Å². The number of anilines is 1. The van der Waals surface area contributed by atoms with Crippen LogP contribution in [0.2, 0.25) is 0 Å². The van der Waals surface area contributed by atoms with Crippen LogP contribution in [0.15, 0.2) is 18.6 Å². The van der Waals surface area contributed by atoms with Crippen molar-refractivity contribution in [1.29, 1.82) is 0 Å². The maximum atomic E-state index is 5.88. The lowest BCUT2D eigenvalue weighted by Gasteiger charge is -2.31. The molecule has 1 aliphatic rings. The third-order valence-corrected chi connectivity index (χ3v) is 2.35. The summed E-state index contributed by atoms with van der Waals surface area (Å²) in [6.45, 7) is 1.97. The molecule has 1 atom stereocenters. The summed E-state index contributed by atoms with van der Waals surface area (Å²) in [6.07, 6.45) is 5.63. The summed E-state index contributed by atoms with van der Waals surface area (Å²) < 4.78 is 0. The zero-order valence-electron chi connectivity index (χ0n) is 7.56. The molecule has 2 heterocycles. The lowest BCUT2D eigenvalue weighted by atomic mass is 10.1. The van der Waals surface area contributed by atoms with Crippen LogP contribution < -0.4 is 10.6 Å². The molecule has 0 spiro atoms. The van der Waals surface area contributed by atoms with E-state index in [0.29, 0.717) is 6.04 Å². The zero-order valence-corrected chi connectivity index (χ0v) is 7.56. The molecule has 0 aromatic carbocycles. The van der Waals surface area contributed by atoms with Crippen molar-refractivity contribution in [3.63, 3.8) is 0 Å². The molecule has 0 amide bonds. The quantitative estimate of drug-likeness (QED) is 0.676. The van der Waals surface area contributed by atoms with Gasteiger partial charge in [0.1, 0.15) is 12.1 Å². The van der Waals surface area contributed by atoms with Gasteiger partial charge in [-0.3, -0.25) is 0 Å². The van der Waals surface area contributed by atoms with Crippen molar-refractivity contribution >= 4 is 5.82 Å². The Morgan fingerprint density at radius 1 is 1.54 bits per heavy atom. The molecule has 70 valence electrons. The fourth-order valence-electron chi connectivity index (χ4n) is 1.69. The van der Waals surface area contributed by atoms with E-state index in [0.717, 1.165) is 31.7 Å². The number of nitrogens with two attached hydrogens (primary N) is 1. The van der Waals surface area contributed by atoms with Crippen molar-refractivity contribution in [1.82, 2.24) is 9.97 Å². The van der Waals surface area contributed by atoms with E-state index in [2.05, 4.69) is 14.9 Å². The normalized spacial score (nSPS) is 23.2. The first-order valence-corrected chi connectivity index (χ1v) is 4.63. The van der Waals surface area contributed by atoms with Crippen molar-refractivity contribution < 1.29 is 0 Å². The van der Waals surface area contributed by atoms with Crippen molar-refractivity contribution in [2.75, 3.05) is 18.0 Å². The van der Waals surface area contributed by atoms with Gasteiger partial charge in [-0.1, -0.05) is 0 Å². The number of rotatable bonds is 1. The maximum absolute atomic E-state index is 5.88. The van der Waals surface area contributed by atoms with Crippen LogP contribution in [0, 0.1) is 0 Å². The van der Waals surface area contributed by atoms with Crippen molar-refractivity contribution in [2.45, 2.75) is 18.9 Å². The van der Waals surface area contributed by atoms with Crippen molar-refractivity contribution in [2.24, 2.45) is 5.73 Å². The third-order valence-electron chi connectivity index (χ3n) is 2.35. The molecule has 2 rings (SSSR count). The first kappa shape index (κ1) is 8.44. The highest BCUT2D eigenvalue weighted by molar-refractivity contribution is 5.37. The zero-order chi connectivity index (χ0) is 9.10. The smallest absolute Gasteiger partial charge is 0.131 e. The monoisotopic (exact) mass is 178 g/mol. The lowest BCUT2D eigenvalue weighted by molar-refractivity contribution is 0.503. The van der Waals surface area contributed by atoms with E-state index in [1.54, 1.807) is 12.5 Å². The molecule has 0 aliphatic carbocycles. The molecule has 1 saturated heterocycles. The molecular weight excluding hydrogens is 164 g/mol. The molecule has 1 aromatic heterocycles. The van der Waals surface area contributed by atoms with Gasteiger partial charge in [-0.25, -0.2) is 9.97 Å². The minimum absolute atomic E-state index is 0.295. The van der Waals surface area contributed by atoms with Crippen LogP contribution in [0.4, 0.5) is 5.82 Å². The Kier molecular flexibility index (Phi) is 2.40. The second-order valence-electron chi connectivity index (χ2n) is 3.42. The number of hydrogen-bond donors (Lipinski definition) is 1. The summed E-state index contributed by atoms with van der Waals surface area (Å²) in [5.74, 6) is 0.991. The Balaban J connectivity index is 2.08. The Hall–Kier alpha value is -1.16. The summed E-state index contributed by atoms with van der Waals surface area (Å²) in [5, 5.41) is 0. The van der Waals surface area contributed by atoms with E-state index in [1.807, 2.05) is 6.07 Å². The highest BCUT2D eigenvalue weighted by Gasteiger charge is 2.17. The van der Waals surface area contributed by atoms with Gasteiger partial charge < -0.3 is 10.6 Å². The number of nitrogens with zero attached hydrogens (tertiary/aromatic N) is 3. The van der Waals surface area contributed by atoms with Gasteiger partial charge in [0.2, 0.25) is 0 Å². The van der Waals surface area contributed by atoms with Gasteiger partial charge in [-0.2, -0.15) is 0 Å². The molecule has 4 nitrogen and oxygen atoms in total. The molecule has 0 bridgehead atoms. The van der Waals surface area contributed by atoms with Gasteiger partial charge >= 0.3 is 0 Å². The predicted octanol–water partition coefficient (Wildman–Crippen LogP) is 0.404.